The predicted octanol–water partition coefficient (Wildman–Crippen LogP) is 2.53. The molecule has 1 fully saturated rings. The zero-order valence-electron chi connectivity index (χ0n) is 9.74. The van der Waals surface area contributed by atoms with E-state index in [0.29, 0.717) is 5.92 Å². The zero-order chi connectivity index (χ0) is 11.2. The summed E-state index contributed by atoms with van der Waals surface area (Å²) in [4.78, 5) is 0. The lowest BCUT2D eigenvalue weighted by Gasteiger charge is -2.22. The monoisotopic (exact) mass is 221 g/mol. The fraction of sp³-hybridized carbons (Fsp3) is 0.538. The Hall–Kier alpha value is -1.22. The first-order chi connectivity index (χ1) is 7.88. The van der Waals surface area contributed by atoms with E-state index < -0.39 is 0 Å². The van der Waals surface area contributed by atoms with Crippen molar-refractivity contribution < 1.29 is 9.47 Å². The van der Waals surface area contributed by atoms with Crippen LogP contribution in [0.25, 0.3) is 0 Å². The van der Waals surface area contributed by atoms with Crippen LogP contribution >= 0.6 is 0 Å². The van der Waals surface area contributed by atoms with Crippen molar-refractivity contribution in [2.75, 3.05) is 32.2 Å². The standard InChI is InChI=1S/C13H19NO2/c1-14-12-2-4-13(5-3-12)16-10-11-6-8-15-9-7-11/h2-5,11,14H,6-10H2,1H3. The van der Waals surface area contributed by atoms with E-state index in [1.807, 2.05) is 31.3 Å². The largest absolute Gasteiger partial charge is 0.493 e. The molecule has 3 heteroatoms. The second-order valence-corrected chi connectivity index (χ2v) is 4.14. The summed E-state index contributed by atoms with van der Waals surface area (Å²) in [7, 11) is 1.91. The molecule has 1 aliphatic heterocycles. The van der Waals surface area contributed by atoms with E-state index in [1.54, 1.807) is 0 Å². The van der Waals surface area contributed by atoms with E-state index in [9.17, 15) is 0 Å². The molecule has 0 bridgehead atoms. The lowest BCUT2D eigenvalue weighted by Crippen LogP contribution is -2.21. The molecule has 0 unspecified atom stereocenters. The second-order valence-electron chi connectivity index (χ2n) is 4.14. The number of rotatable bonds is 4. The molecule has 0 radical (unpaired) electrons. The van der Waals surface area contributed by atoms with Crippen molar-refractivity contribution in [2.45, 2.75) is 12.8 Å². The van der Waals surface area contributed by atoms with Gasteiger partial charge in [0.25, 0.3) is 0 Å². The van der Waals surface area contributed by atoms with E-state index in [1.165, 1.54) is 0 Å². The minimum absolute atomic E-state index is 0.651. The molecule has 16 heavy (non-hydrogen) atoms. The summed E-state index contributed by atoms with van der Waals surface area (Å²) in [5.74, 6) is 1.60. The number of hydrogen-bond donors (Lipinski definition) is 1. The normalized spacial score (nSPS) is 17.1. The van der Waals surface area contributed by atoms with Crippen LogP contribution in [0.3, 0.4) is 0 Å². The van der Waals surface area contributed by atoms with Crippen LogP contribution in [0, 0.1) is 5.92 Å². The Bertz CT molecular complexity index is 304. The number of ether oxygens (including phenoxy) is 2. The van der Waals surface area contributed by atoms with E-state index in [0.717, 1.165) is 44.1 Å². The minimum Gasteiger partial charge on any atom is -0.493 e. The molecule has 1 aromatic carbocycles. The summed E-state index contributed by atoms with van der Waals surface area (Å²) in [5.41, 5.74) is 1.11. The van der Waals surface area contributed by atoms with Gasteiger partial charge in [-0.3, -0.25) is 0 Å². The number of hydrogen-bond acceptors (Lipinski definition) is 3. The van der Waals surface area contributed by atoms with Crippen LogP contribution < -0.4 is 10.1 Å². The van der Waals surface area contributed by atoms with E-state index in [4.69, 9.17) is 9.47 Å². The number of benzene rings is 1. The van der Waals surface area contributed by atoms with E-state index in [2.05, 4.69) is 5.32 Å². The molecule has 0 aliphatic carbocycles. The highest BCUT2D eigenvalue weighted by atomic mass is 16.5. The van der Waals surface area contributed by atoms with Gasteiger partial charge in [0, 0.05) is 25.9 Å². The summed E-state index contributed by atoms with van der Waals surface area (Å²) in [5, 5.41) is 3.09. The van der Waals surface area contributed by atoms with Gasteiger partial charge in [-0.25, -0.2) is 0 Å². The fourth-order valence-corrected chi connectivity index (χ4v) is 1.84. The van der Waals surface area contributed by atoms with Crippen molar-refractivity contribution >= 4 is 5.69 Å². The van der Waals surface area contributed by atoms with Gasteiger partial charge in [0.1, 0.15) is 5.75 Å². The molecule has 0 saturated carbocycles. The third-order valence-electron chi connectivity index (χ3n) is 2.97. The van der Waals surface area contributed by atoms with Crippen LogP contribution in [-0.2, 0) is 4.74 Å². The van der Waals surface area contributed by atoms with Crippen molar-refractivity contribution in [1.29, 1.82) is 0 Å². The molecular weight excluding hydrogens is 202 g/mol. The maximum Gasteiger partial charge on any atom is 0.119 e. The van der Waals surface area contributed by atoms with Gasteiger partial charge >= 0.3 is 0 Å². The fourth-order valence-electron chi connectivity index (χ4n) is 1.84. The molecule has 1 N–H and O–H groups in total. The quantitative estimate of drug-likeness (QED) is 0.847. The molecule has 88 valence electrons. The Morgan fingerprint density at radius 1 is 1.25 bits per heavy atom. The van der Waals surface area contributed by atoms with Gasteiger partial charge in [0.15, 0.2) is 0 Å². The summed E-state index contributed by atoms with van der Waals surface area (Å²) in [6.07, 6.45) is 2.24. The molecule has 1 aliphatic rings. The first kappa shape index (κ1) is 11.3. The molecule has 1 saturated heterocycles. The van der Waals surface area contributed by atoms with Gasteiger partial charge in [-0.15, -0.1) is 0 Å². The zero-order valence-corrected chi connectivity index (χ0v) is 9.74. The van der Waals surface area contributed by atoms with Gasteiger partial charge in [-0.05, 0) is 43.0 Å². The van der Waals surface area contributed by atoms with Gasteiger partial charge < -0.3 is 14.8 Å². The van der Waals surface area contributed by atoms with Crippen LogP contribution in [0.5, 0.6) is 5.75 Å². The Balaban J connectivity index is 1.79. The lowest BCUT2D eigenvalue weighted by molar-refractivity contribution is 0.0497. The van der Waals surface area contributed by atoms with Crippen molar-refractivity contribution in [3.8, 4) is 5.75 Å². The van der Waals surface area contributed by atoms with Crippen LogP contribution in [0.15, 0.2) is 24.3 Å². The maximum absolute atomic E-state index is 5.76. The average Bonchev–Trinajstić information content (AvgIpc) is 2.38. The molecule has 0 spiro atoms. The lowest BCUT2D eigenvalue weighted by atomic mass is 10.0. The minimum atomic E-state index is 0.651. The maximum atomic E-state index is 5.76. The van der Waals surface area contributed by atoms with Crippen LogP contribution in [-0.4, -0.2) is 26.9 Å². The molecule has 0 amide bonds. The van der Waals surface area contributed by atoms with Crippen molar-refractivity contribution in [3.05, 3.63) is 24.3 Å². The number of nitrogens with one attached hydrogen (secondary N) is 1. The molecule has 0 atom stereocenters. The van der Waals surface area contributed by atoms with Crippen molar-refractivity contribution in [2.24, 2.45) is 5.92 Å². The van der Waals surface area contributed by atoms with Crippen LogP contribution in [0.2, 0.25) is 0 Å². The van der Waals surface area contributed by atoms with Crippen molar-refractivity contribution in [3.63, 3.8) is 0 Å². The third-order valence-corrected chi connectivity index (χ3v) is 2.97. The highest BCUT2D eigenvalue weighted by Gasteiger charge is 2.14. The summed E-state index contributed by atoms with van der Waals surface area (Å²) in [6, 6.07) is 8.06. The van der Waals surface area contributed by atoms with E-state index >= 15 is 0 Å². The average molecular weight is 221 g/mol. The topological polar surface area (TPSA) is 30.5 Å². The smallest absolute Gasteiger partial charge is 0.119 e. The van der Waals surface area contributed by atoms with Crippen LogP contribution in [0.4, 0.5) is 5.69 Å². The number of anilines is 1. The summed E-state index contributed by atoms with van der Waals surface area (Å²) < 4.78 is 11.1. The highest BCUT2D eigenvalue weighted by molar-refractivity contribution is 5.45. The first-order valence-corrected chi connectivity index (χ1v) is 5.87. The first-order valence-electron chi connectivity index (χ1n) is 5.87. The molecular formula is C13H19NO2. The van der Waals surface area contributed by atoms with E-state index in [-0.39, 0.29) is 0 Å². The summed E-state index contributed by atoms with van der Waals surface area (Å²) in [6.45, 7) is 2.57. The second kappa shape index (κ2) is 5.75. The van der Waals surface area contributed by atoms with Gasteiger partial charge in [0.05, 0.1) is 6.61 Å². The molecule has 0 aromatic heterocycles. The Kier molecular flexibility index (Phi) is 4.05. The molecule has 1 aromatic rings. The van der Waals surface area contributed by atoms with Crippen LogP contribution in [0.1, 0.15) is 12.8 Å². The molecule has 1 heterocycles. The predicted molar refractivity (Wildman–Crippen MR) is 65.0 cm³/mol. The van der Waals surface area contributed by atoms with Gasteiger partial charge in [0.2, 0.25) is 0 Å². The SMILES string of the molecule is CNc1ccc(OCC2CCOCC2)cc1. The molecule has 2 rings (SSSR count). The highest BCUT2D eigenvalue weighted by Crippen LogP contribution is 2.19. The van der Waals surface area contributed by atoms with Gasteiger partial charge in [-0.1, -0.05) is 0 Å². The molecule has 3 nitrogen and oxygen atoms in total. The van der Waals surface area contributed by atoms with Gasteiger partial charge in [-0.2, -0.15) is 0 Å². The van der Waals surface area contributed by atoms with Crippen molar-refractivity contribution in [1.82, 2.24) is 0 Å². The Labute approximate surface area is 96.8 Å². The Morgan fingerprint density at radius 2 is 1.94 bits per heavy atom. The summed E-state index contributed by atoms with van der Waals surface area (Å²) >= 11 is 0. The Morgan fingerprint density at radius 3 is 2.56 bits per heavy atom. The third kappa shape index (κ3) is 3.14.